The molecule has 3 rings (SSSR count). The monoisotopic (exact) mass is 356 g/mol. The highest BCUT2D eigenvalue weighted by atomic mass is 19.1. The Bertz CT molecular complexity index is 704. The molecule has 26 heavy (non-hydrogen) atoms. The third kappa shape index (κ3) is 4.79. The standard InChI is InChI=1S/C21H29FN4/c1-15-10-17(13-26-20(15)6-3-8-22)12-24-14-18-19(23)7-9-25-21(18)11-16-4-2-5-16/h7,9-10,13-14,16,19,24H,2-6,8,11-12,23H2,1H3/b18-14+. The van der Waals surface area contributed by atoms with Crippen LogP contribution in [0.2, 0.25) is 0 Å². The molecule has 2 heterocycles. The third-order valence-electron chi connectivity index (χ3n) is 5.28. The zero-order valence-corrected chi connectivity index (χ0v) is 15.5. The second-order valence-corrected chi connectivity index (χ2v) is 7.32. The van der Waals surface area contributed by atoms with Gasteiger partial charge in [0.15, 0.2) is 0 Å². The smallest absolute Gasteiger partial charge is 0.0898 e. The number of aliphatic imine (C=N–C) groups is 1. The lowest BCUT2D eigenvalue weighted by Gasteiger charge is -2.28. The van der Waals surface area contributed by atoms with E-state index in [0.717, 1.165) is 40.4 Å². The van der Waals surface area contributed by atoms with Gasteiger partial charge in [-0.15, -0.1) is 0 Å². The third-order valence-corrected chi connectivity index (χ3v) is 5.28. The number of alkyl halides is 1. The fraction of sp³-hybridized carbons (Fsp3) is 0.524. The van der Waals surface area contributed by atoms with E-state index in [1.54, 1.807) is 0 Å². The average molecular weight is 356 g/mol. The van der Waals surface area contributed by atoms with Crippen molar-refractivity contribution in [3.05, 3.63) is 53.1 Å². The number of nitrogens with zero attached hydrogens (tertiary/aromatic N) is 2. The summed E-state index contributed by atoms with van der Waals surface area (Å²) in [5.41, 5.74) is 11.7. The van der Waals surface area contributed by atoms with Crippen molar-refractivity contribution in [2.45, 2.75) is 58.0 Å². The van der Waals surface area contributed by atoms with E-state index in [9.17, 15) is 4.39 Å². The minimum atomic E-state index is -0.294. The summed E-state index contributed by atoms with van der Waals surface area (Å²) >= 11 is 0. The highest BCUT2D eigenvalue weighted by Crippen LogP contribution is 2.31. The molecule has 1 aliphatic carbocycles. The van der Waals surface area contributed by atoms with Crippen LogP contribution in [0.15, 0.2) is 41.3 Å². The van der Waals surface area contributed by atoms with Gasteiger partial charge >= 0.3 is 0 Å². The summed E-state index contributed by atoms with van der Waals surface area (Å²) in [5, 5.41) is 3.37. The first-order chi connectivity index (χ1) is 12.7. The predicted octanol–water partition coefficient (Wildman–Crippen LogP) is 3.75. The molecule has 0 spiro atoms. The van der Waals surface area contributed by atoms with E-state index >= 15 is 0 Å². The van der Waals surface area contributed by atoms with Gasteiger partial charge in [-0.1, -0.05) is 25.3 Å². The molecule has 3 N–H and O–H groups in total. The highest BCUT2D eigenvalue weighted by molar-refractivity contribution is 6.02. The molecule has 1 atom stereocenters. The number of pyridine rings is 1. The summed E-state index contributed by atoms with van der Waals surface area (Å²) in [6, 6.07) is 2.02. The average Bonchev–Trinajstić information content (AvgIpc) is 2.59. The summed E-state index contributed by atoms with van der Waals surface area (Å²) in [4.78, 5) is 9.05. The van der Waals surface area contributed by atoms with E-state index in [-0.39, 0.29) is 12.7 Å². The SMILES string of the molecule is Cc1cc(CN/C=C2/C(CC3CCC3)=NC=CC2N)cnc1CCCF. The van der Waals surface area contributed by atoms with Crippen molar-refractivity contribution in [1.82, 2.24) is 10.3 Å². The van der Waals surface area contributed by atoms with E-state index in [0.29, 0.717) is 19.4 Å². The van der Waals surface area contributed by atoms with Gasteiger partial charge in [0.25, 0.3) is 0 Å². The molecule has 0 bridgehead atoms. The van der Waals surface area contributed by atoms with Crippen LogP contribution in [0.25, 0.3) is 0 Å². The van der Waals surface area contributed by atoms with Crippen LogP contribution in [0.1, 0.15) is 48.9 Å². The van der Waals surface area contributed by atoms with E-state index < -0.39 is 0 Å². The van der Waals surface area contributed by atoms with E-state index in [4.69, 9.17) is 5.73 Å². The van der Waals surface area contributed by atoms with Gasteiger partial charge in [0.2, 0.25) is 0 Å². The maximum atomic E-state index is 12.3. The Labute approximate surface area is 155 Å². The van der Waals surface area contributed by atoms with Gasteiger partial charge in [0.1, 0.15) is 0 Å². The summed E-state index contributed by atoms with van der Waals surface area (Å²) in [6.07, 6.45) is 13.8. The van der Waals surface area contributed by atoms with Crippen molar-refractivity contribution < 1.29 is 4.39 Å². The zero-order valence-electron chi connectivity index (χ0n) is 15.5. The Morgan fingerprint density at radius 2 is 2.23 bits per heavy atom. The van der Waals surface area contributed by atoms with Crippen LogP contribution in [0.5, 0.6) is 0 Å². The number of nitrogens with two attached hydrogens (primary N) is 1. The lowest BCUT2D eigenvalue weighted by Crippen LogP contribution is -2.31. The van der Waals surface area contributed by atoms with Gasteiger partial charge in [0, 0.05) is 42.1 Å². The number of hydrogen-bond acceptors (Lipinski definition) is 4. The zero-order chi connectivity index (χ0) is 18.4. The number of hydrogen-bond donors (Lipinski definition) is 2. The molecular formula is C21H29FN4. The maximum Gasteiger partial charge on any atom is 0.0898 e. The highest BCUT2D eigenvalue weighted by Gasteiger charge is 2.24. The molecule has 140 valence electrons. The number of nitrogens with one attached hydrogen (secondary N) is 1. The molecule has 5 heteroatoms. The van der Waals surface area contributed by atoms with Gasteiger partial charge in [-0.05, 0) is 49.3 Å². The van der Waals surface area contributed by atoms with Crippen molar-refractivity contribution in [3.8, 4) is 0 Å². The topological polar surface area (TPSA) is 63.3 Å². The first kappa shape index (κ1) is 18.8. The summed E-state index contributed by atoms with van der Waals surface area (Å²) in [5.74, 6) is 0.763. The quantitative estimate of drug-likeness (QED) is 0.746. The van der Waals surface area contributed by atoms with E-state index in [1.165, 1.54) is 19.3 Å². The molecule has 1 aromatic rings. The molecule has 0 saturated heterocycles. The minimum Gasteiger partial charge on any atom is -0.386 e. The van der Waals surface area contributed by atoms with Crippen LogP contribution in [0.3, 0.4) is 0 Å². The molecule has 1 saturated carbocycles. The van der Waals surface area contributed by atoms with Crippen molar-refractivity contribution in [3.63, 3.8) is 0 Å². The Balaban J connectivity index is 1.60. The largest absolute Gasteiger partial charge is 0.386 e. The van der Waals surface area contributed by atoms with E-state index in [2.05, 4.69) is 21.4 Å². The maximum absolute atomic E-state index is 12.3. The van der Waals surface area contributed by atoms with Crippen molar-refractivity contribution in [2.75, 3.05) is 6.67 Å². The molecule has 0 radical (unpaired) electrons. The Morgan fingerprint density at radius 3 is 2.92 bits per heavy atom. The van der Waals surface area contributed by atoms with Gasteiger partial charge in [-0.3, -0.25) is 14.4 Å². The van der Waals surface area contributed by atoms with Crippen LogP contribution in [0.4, 0.5) is 4.39 Å². The molecule has 1 aliphatic heterocycles. The van der Waals surface area contributed by atoms with Crippen molar-refractivity contribution in [1.29, 1.82) is 0 Å². The van der Waals surface area contributed by atoms with Gasteiger partial charge in [-0.2, -0.15) is 0 Å². The number of rotatable bonds is 8. The molecule has 0 amide bonds. The lowest BCUT2D eigenvalue weighted by molar-refractivity contribution is 0.327. The van der Waals surface area contributed by atoms with Crippen LogP contribution >= 0.6 is 0 Å². The second kappa shape index (κ2) is 9.08. The fourth-order valence-electron chi connectivity index (χ4n) is 3.45. The number of aromatic nitrogens is 1. The van der Waals surface area contributed by atoms with Crippen molar-refractivity contribution >= 4 is 5.71 Å². The summed E-state index contributed by atoms with van der Waals surface area (Å²) < 4.78 is 12.3. The second-order valence-electron chi connectivity index (χ2n) is 7.32. The first-order valence-electron chi connectivity index (χ1n) is 9.60. The predicted molar refractivity (Wildman–Crippen MR) is 105 cm³/mol. The molecule has 1 fully saturated rings. The van der Waals surface area contributed by atoms with Crippen LogP contribution < -0.4 is 11.1 Å². The first-order valence-corrected chi connectivity index (χ1v) is 9.60. The van der Waals surface area contributed by atoms with Crippen molar-refractivity contribution in [2.24, 2.45) is 16.6 Å². The van der Waals surface area contributed by atoms with Gasteiger partial charge < -0.3 is 11.1 Å². The Hall–Kier alpha value is -2.01. The molecule has 1 unspecified atom stereocenters. The Kier molecular flexibility index (Phi) is 6.56. The van der Waals surface area contributed by atoms with E-state index in [1.807, 2.05) is 31.6 Å². The molecule has 2 aliphatic rings. The Morgan fingerprint density at radius 1 is 1.38 bits per heavy atom. The van der Waals surface area contributed by atoms with Crippen LogP contribution in [-0.2, 0) is 13.0 Å². The minimum absolute atomic E-state index is 0.0991. The van der Waals surface area contributed by atoms with Gasteiger partial charge in [0.05, 0.1) is 12.7 Å². The number of halogens is 1. The molecule has 4 nitrogen and oxygen atoms in total. The summed E-state index contributed by atoms with van der Waals surface area (Å²) in [7, 11) is 0. The molecule has 0 aromatic carbocycles. The lowest BCUT2D eigenvalue weighted by atomic mass is 9.79. The fourth-order valence-corrected chi connectivity index (χ4v) is 3.45. The molecule has 1 aromatic heterocycles. The van der Waals surface area contributed by atoms with Crippen LogP contribution in [0, 0.1) is 12.8 Å². The summed E-state index contributed by atoms with van der Waals surface area (Å²) in [6.45, 7) is 2.43. The molecular weight excluding hydrogens is 327 g/mol. The van der Waals surface area contributed by atoms with Gasteiger partial charge in [-0.25, -0.2) is 0 Å². The van der Waals surface area contributed by atoms with Crippen LogP contribution in [-0.4, -0.2) is 23.4 Å². The number of aryl methyl sites for hydroxylation is 2. The normalized spacial score (nSPS) is 21.6.